The van der Waals surface area contributed by atoms with Crippen molar-refractivity contribution < 1.29 is 5.11 Å². The highest BCUT2D eigenvalue weighted by Crippen LogP contribution is 2.23. The Morgan fingerprint density at radius 2 is 2.21 bits per heavy atom. The van der Waals surface area contributed by atoms with E-state index < -0.39 is 0 Å². The van der Waals surface area contributed by atoms with E-state index in [1.54, 1.807) is 11.3 Å². The average molecular weight is 213 g/mol. The van der Waals surface area contributed by atoms with Crippen LogP contribution in [0, 0.1) is 0 Å². The molecule has 0 aliphatic rings. The van der Waals surface area contributed by atoms with Crippen LogP contribution in [0.25, 0.3) is 0 Å². The molecule has 0 spiro atoms. The van der Waals surface area contributed by atoms with Gasteiger partial charge < -0.3 is 10.4 Å². The van der Waals surface area contributed by atoms with Crippen molar-refractivity contribution in [2.24, 2.45) is 0 Å². The maximum Gasteiger partial charge on any atom is 0.101 e. The molecule has 2 N–H and O–H groups in total. The van der Waals surface area contributed by atoms with Gasteiger partial charge in [-0.2, -0.15) is 0 Å². The number of aliphatic hydroxyl groups excluding tert-OH is 1. The Morgan fingerprint density at radius 3 is 2.79 bits per heavy atom. The first kappa shape index (κ1) is 11.7. The van der Waals surface area contributed by atoms with Crippen molar-refractivity contribution in [1.82, 2.24) is 5.32 Å². The Bertz CT molecular complexity index is 260. The number of nitrogens with one attached hydrogen (secondary N) is 1. The number of rotatable bonds is 6. The summed E-state index contributed by atoms with van der Waals surface area (Å²) in [6, 6.07) is 4.13. The molecule has 0 bridgehead atoms. The molecule has 3 heteroatoms. The predicted octanol–water partition coefficient (Wildman–Crippen LogP) is 2.34. The van der Waals surface area contributed by atoms with E-state index >= 15 is 0 Å². The summed E-state index contributed by atoms with van der Waals surface area (Å²) in [6.45, 7) is 5.90. The van der Waals surface area contributed by atoms with Crippen molar-refractivity contribution in [2.45, 2.75) is 32.8 Å². The highest BCUT2D eigenvalue weighted by Gasteiger charge is 2.08. The molecule has 1 rings (SSSR count). The summed E-state index contributed by atoms with van der Waals surface area (Å²) >= 11 is 1.71. The number of aryl methyl sites for hydroxylation is 1. The van der Waals surface area contributed by atoms with E-state index in [-0.39, 0.29) is 6.10 Å². The van der Waals surface area contributed by atoms with Gasteiger partial charge in [0, 0.05) is 16.3 Å². The monoisotopic (exact) mass is 213 g/mol. The van der Waals surface area contributed by atoms with E-state index in [9.17, 15) is 5.11 Å². The standard InChI is InChI=1S/C11H19NOS/c1-3-7-12-8-10(13)11-6-5-9(4-2)14-11/h5-6,10,12-13H,3-4,7-8H2,1-2H3. The van der Waals surface area contributed by atoms with Gasteiger partial charge >= 0.3 is 0 Å². The molecule has 80 valence electrons. The lowest BCUT2D eigenvalue weighted by Crippen LogP contribution is -2.21. The first-order chi connectivity index (χ1) is 6.77. The van der Waals surface area contributed by atoms with Crippen LogP contribution in [-0.4, -0.2) is 18.2 Å². The Morgan fingerprint density at radius 1 is 1.43 bits per heavy atom. The van der Waals surface area contributed by atoms with Crippen LogP contribution < -0.4 is 5.32 Å². The van der Waals surface area contributed by atoms with Gasteiger partial charge in [-0.15, -0.1) is 11.3 Å². The van der Waals surface area contributed by atoms with Crippen LogP contribution in [0.5, 0.6) is 0 Å². The third-order valence-electron chi connectivity index (χ3n) is 2.12. The molecule has 0 amide bonds. The third-order valence-corrected chi connectivity index (χ3v) is 3.45. The molecule has 2 nitrogen and oxygen atoms in total. The molecule has 0 saturated carbocycles. The fourth-order valence-electron chi connectivity index (χ4n) is 1.28. The lowest BCUT2D eigenvalue weighted by molar-refractivity contribution is 0.178. The fourth-order valence-corrected chi connectivity index (χ4v) is 2.22. The molecule has 1 unspecified atom stereocenters. The lowest BCUT2D eigenvalue weighted by atomic mass is 10.3. The van der Waals surface area contributed by atoms with Crippen molar-refractivity contribution in [1.29, 1.82) is 0 Å². The Kier molecular flexibility index (Phi) is 5.15. The van der Waals surface area contributed by atoms with E-state index in [1.165, 1.54) is 4.88 Å². The molecule has 14 heavy (non-hydrogen) atoms. The Balaban J connectivity index is 2.39. The smallest absolute Gasteiger partial charge is 0.101 e. The van der Waals surface area contributed by atoms with E-state index in [4.69, 9.17) is 0 Å². The van der Waals surface area contributed by atoms with Gasteiger partial charge in [0.1, 0.15) is 6.10 Å². The van der Waals surface area contributed by atoms with Crippen molar-refractivity contribution in [3.05, 3.63) is 21.9 Å². The topological polar surface area (TPSA) is 32.3 Å². The second-order valence-corrected chi connectivity index (χ2v) is 4.58. The first-order valence-corrected chi connectivity index (χ1v) is 6.07. The number of hydrogen-bond donors (Lipinski definition) is 2. The summed E-state index contributed by atoms with van der Waals surface area (Å²) in [7, 11) is 0. The molecule has 0 fully saturated rings. The van der Waals surface area contributed by atoms with Gasteiger partial charge in [-0.05, 0) is 31.5 Å². The molecule has 1 heterocycles. The molecule has 0 aliphatic carbocycles. The largest absolute Gasteiger partial charge is 0.386 e. The van der Waals surface area contributed by atoms with E-state index in [0.717, 1.165) is 24.3 Å². The van der Waals surface area contributed by atoms with Gasteiger partial charge in [-0.3, -0.25) is 0 Å². The van der Waals surface area contributed by atoms with Gasteiger partial charge in [-0.25, -0.2) is 0 Å². The summed E-state index contributed by atoms with van der Waals surface area (Å²) in [6.07, 6.45) is 1.82. The van der Waals surface area contributed by atoms with Crippen LogP contribution in [0.4, 0.5) is 0 Å². The van der Waals surface area contributed by atoms with Crippen LogP contribution in [0.3, 0.4) is 0 Å². The molecule has 0 radical (unpaired) electrons. The van der Waals surface area contributed by atoms with Gasteiger partial charge in [0.15, 0.2) is 0 Å². The second-order valence-electron chi connectivity index (χ2n) is 3.38. The van der Waals surface area contributed by atoms with E-state index in [2.05, 4.69) is 25.2 Å². The molecular formula is C11H19NOS. The van der Waals surface area contributed by atoms with Crippen molar-refractivity contribution in [3.63, 3.8) is 0 Å². The van der Waals surface area contributed by atoms with Gasteiger partial charge in [-0.1, -0.05) is 13.8 Å². The minimum absolute atomic E-state index is 0.341. The highest BCUT2D eigenvalue weighted by molar-refractivity contribution is 7.12. The van der Waals surface area contributed by atoms with Crippen LogP contribution in [0.15, 0.2) is 12.1 Å². The number of thiophene rings is 1. The maximum absolute atomic E-state index is 9.80. The molecule has 0 aliphatic heterocycles. The summed E-state index contributed by atoms with van der Waals surface area (Å²) in [4.78, 5) is 2.42. The summed E-state index contributed by atoms with van der Waals surface area (Å²) < 4.78 is 0. The first-order valence-electron chi connectivity index (χ1n) is 5.25. The summed E-state index contributed by atoms with van der Waals surface area (Å²) in [5.74, 6) is 0. The zero-order valence-corrected chi connectivity index (χ0v) is 9.73. The molecule has 1 aromatic rings. The minimum Gasteiger partial charge on any atom is -0.386 e. The minimum atomic E-state index is -0.341. The number of aliphatic hydroxyl groups is 1. The Hall–Kier alpha value is -0.380. The summed E-state index contributed by atoms with van der Waals surface area (Å²) in [5, 5.41) is 13.0. The zero-order valence-electron chi connectivity index (χ0n) is 8.92. The molecule has 0 aromatic carbocycles. The van der Waals surface area contributed by atoms with Crippen molar-refractivity contribution in [3.8, 4) is 0 Å². The van der Waals surface area contributed by atoms with Crippen molar-refractivity contribution >= 4 is 11.3 Å². The van der Waals surface area contributed by atoms with Crippen LogP contribution in [0.2, 0.25) is 0 Å². The van der Waals surface area contributed by atoms with Crippen LogP contribution >= 0.6 is 11.3 Å². The van der Waals surface area contributed by atoms with Gasteiger partial charge in [0.2, 0.25) is 0 Å². The fraction of sp³-hybridized carbons (Fsp3) is 0.636. The van der Waals surface area contributed by atoms with Crippen molar-refractivity contribution in [2.75, 3.05) is 13.1 Å². The quantitative estimate of drug-likeness (QED) is 0.711. The Labute approximate surface area is 90.0 Å². The molecular weight excluding hydrogens is 194 g/mol. The van der Waals surface area contributed by atoms with Gasteiger partial charge in [0.25, 0.3) is 0 Å². The maximum atomic E-state index is 9.80. The van der Waals surface area contributed by atoms with E-state index in [1.807, 2.05) is 6.07 Å². The van der Waals surface area contributed by atoms with Crippen LogP contribution in [0.1, 0.15) is 36.1 Å². The molecule has 1 aromatic heterocycles. The molecule has 1 atom stereocenters. The highest BCUT2D eigenvalue weighted by atomic mass is 32.1. The normalized spacial score (nSPS) is 13.1. The lowest BCUT2D eigenvalue weighted by Gasteiger charge is -2.08. The molecule has 0 saturated heterocycles. The predicted molar refractivity (Wildman–Crippen MR) is 61.8 cm³/mol. The SMILES string of the molecule is CCCNCC(O)c1ccc(CC)s1. The number of hydrogen-bond acceptors (Lipinski definition) is 3. The second kappa shape index (κ2) is 6.17. The summed E-state index contributed by atoms with van der Waals surface area (Å²) in [5.41, 5.74) is 0. The third kappa shape index (κ3) is 3.40. The van der Waals surface area contributed by atoms with Gasteiger partial charge in [0.05, 0.1) is 0 Å². The van der Waals surface area contributed by atoms with E-state index in [0.29, 0.717) is 6.54 Å². The zero-order chi connectivity index (χ0) is 10.4. The average Bonchev–Trinajstić information content (AvgIpc) is 2.66. The van der Waals surface area contributed by atoms with Crippen LogP contribution in [-0.2, 0) is 6.42 Å².